The lowest BCUT2D eigenvalue weighted by Gasteiger charge is -2.28. The van der Waals surface area contributed by atoms with Crippen molar-refractivity contribution in [1.29, 1.82) is 0 Å². The molecule has 5 nitrogen and oxygen atoms in total. The highest BCUT2D eigenvalue weighted by molar-refractivity contribution is 7.16. The molecule has 0 saturated carbocycles. The summed E-state index contributed by atoms with van der Waals surface area (Å²) in [6.07, 6.45) is 1.03. The van der Waals surface area contributed by atoms with Gasteiger partial charge >= 0.3 is 5.97 Å². The second-order valence-electron chi connectivity index (χ2n) is 6.05. The molecule has 0 spiro atoms. The molecule has 0 aromatic heterocycles. The molecule has 1 aliphatic rings. The number of nitrogens with one attached hydrogen (secondary N) is 1. The molecule has 0 amide bonds. The number of hydrogen-bond acceptors (Lipinski definition) is 5. The molecule has 1 unspecified atom stereocenters. The van der Waals surface area contributed by atoms with Crippen LogP contribution in [0.25, 0.3) is 0 Å². The van der Waals surface area contributed by atoms with Gasteiger partial charge in [0.05, 0.1) is 19.8 Å². The average molecular weight is 420 g/mol. The van der Waals surface area contributed by atoms with Crippen LogP contribution >= 0.6 is 9.24 Å². The van der Waals surface area contributed by atoms with E-state index in [9.17, 15) is 4.79 Å². The Hall–Kier alpha value is -1.78. The Balaban J connectivity index is 0.000000284. The Morgan fingerprint density at radius 3 is 2.10 bits per heavy atom. The SMILES string of the molecule is CC.CC(=O)OCc1ccccc1.PCCNCC1(c2ccccc2)OCCO1. The Kier molecular flexibility index (Phi) is 13.2. The molecule has 6 heteroatoms. The molecule has 1 N–H and O–H groups in total. The predicted molar refractivity (Wildman–Crippen MR) is 121 cm³/mol. The average Bonchev–Trinajstić information content (AvgIpc) is 3.26. The van der Waals surface area contributed by atoms with Crippen LogP contribution in [0.15, 0.2) is 60.7 Å². The number of benzene rings is 2. The minimum absolute atomic E-state index is 0.242. The van der Waals surface area contributed by atoms with Gasteiger partial charge < -0.3 is 19.5 Å². The molecule has 1 saturated heterocycles. The van der Waals surface area contributed by atoms with Gasteiger partial charge in [0.15, 0.2) is 0 Å². The van der Waals surface area contributed by atoms with Gasteiger partial charge in [-0.1, -0.05) is 74.5 Å². The summed E-state index contributed by atoms with van der Waals surface area (Å²) in [7, 11) is 2.70. The van der Waals surface area contributed by atoms with E-state index in [4.69, 9.17) is 14.2 Å². The van der Waals surface area contributed by atoms with Crippen LogP contribution in [0, 0.1) is 0 Å². The standard InChI is InChI=1S/C12H18NO2P.C9H10O2.C2H6/c16-9-6-13-10-12(14-7-8-15-12)11-4-2-1-3-5-11;1-8(10)11-7-9-5-3-2-4-6-9;1-2/h1-5,13H,6-10,16H2;2-6H,7H2,1H3;1-2H3. The van der Waals surface area contributed by atoms with Crippen molar-refractivity contribution in [3.63, 3.8) is 0 Å². The summed E-state index contributed by atoms with van der Waals surface area (Å²) in [6, 6.07) is 19.7. The Morgan fingerprint density at radius 2 is 1.59 bits per heavy atom. The van der Waals surface area contributed by atoms with Gasteiger partial charge in [-0.3, -0.25) is 4.79 Å². The van der Waals surface area contributed by atoms with Crippen LogP contribution in [0.2, 0.25) is 0 Å². The van der Waals surface area contributed by atoms with Crippen molar-refractivity contribution in [2.45, 2.75) is 33.2 Å². The number of rotatable bonds is 7. The van der Waals surface area contributed by atoms with E-state index in [2.05, 4.69) is 14.6 Å². The third-order valence-corrected chi connectivity index (χ3v) is 4.22. The van der Waals surface area contributed by atoms with E-state index < -0.39 is 5.79 Å². The van der Waals surface area contributed by atoms with Crippen LogP contribution in [0.4, 0.5) is 0 Å². The molecule has 1 heterocycles. The van der Waals surface area contributed by atoms with E-state index >= 15 is 0 Å². The number of carbonyl (C=O) groups excluding carboxylic acids is 1. The highest BCUT2D eigenvalue weighted by atomic mass is 31.0. The third-order valence-electron chi connectivity index (χ3n) is 3.93. The molecule has 3 rings (SSSR count). The molecular weight excluding hydrogens is 385 g/mol. The maximum absolute atomic E-state index is 10.4. The Labute approximate surface area is 177 Å². The summed E-state index contributed by atoms with van der Waals surface area (Å²) in [5.41, 5.74) is 2.10. The van der Waals surface area contributed by atoms with Gasteiger partial charge in [0.1, 0.15) is 6.61 Å². The fourth-order valence-corrected chi connectivity index (χ4v) is 2.84. The lowest BCUT2D eigenvalue weighted by Crippen LogP contribution is -2.39. The molecule has 0 aliphatic carbocycles. The molecule has 29 heavy (non-hydrogen) atoms. The van der Waals surface area contributed by atoms with Crippen LogP contribution in [-0.2, 0) is 31.4 Å². The van der Waals surface area contributed by atoms with Gasteiger partial charge in [0.25, 0.3) is 0 Å². The molecule has 2 aromatic rings. The number of esters is 1. The number of ether oxygens (including phenoxy) is 3. The zero-order chi connectivity index (χ0) is 21.4. The first-order valence-corrected chi connectivity index (χ1v) is 10.9. The summed E-state index contributed by atoms with van der Waals surface area (Å²) in [6.45, 7) is 8.76. The summed E-state index contributed by atoms with van der Waals surface area (Å²) in [4.78, 5) is 10.4. The van der Waals surface area contributed by atoms with Crippen molar-refractivity contribution in [2.24, 2.45) is 0 Å². The Bertz CT molecular complexity index is 661. The van der Waals surface area contributed by atoms with Crippen molar-refractivity contribution in [3.8, 4) is 0 Å². The van der Waals surface area contributed by atoms with E-state index in [1.54, 1.807) is 0 Å². The molecular formula is C23H34NO4P. The van der Waals surface area contributed by atoms with Crippen LogP contribution < -0.4 is 5.32 Å². The number of hydrogen-bond donors (Lipinski definition) is 1. The van der Waals surface area contributed by atoms with E-state index in [-0.39, 0.29) is 5.97 Å². The Morgan fingerprint density at radius 1 is 1.03 bits per heavy atom. The maximum Gasteiger partial charge on any atom is 0.302 e. The molecule has 160 valence electrons. The fourth-order valence-electron chi connectivity index (χ4n) is 2.63. The molecule has 1 fully saturated rings. The monoisotopic (exact) mass is 419 g/mol. The summed E-state index contributed by atoms with van der Waals surface area (Å²) in [5, 5.41) is 3.35. The second kappa shape index (κ2) is 15.1. The van der Waals surface area contributed by atoms with Gasteiger partial charge in [-0.2, -0.15) is 0 Å². The quantitative estimate of drug-likeness (QED) is 0.416. The van der Waals surface area contributed by atoms with Crippen LogP contribution in [0.1, 0.15) is 31.9 Å². The van der Waals surface area contributed by atoms with Gasteiger partial charge in [-0.25, -0.2) is 0 Å². The second-order valence-corrected chi connectivity index (χ2v) is 6.62. The summed E-state index contributed by atoms with van der Waals surface area (Å²) in [5.74, 6) is -0.824. The minimum Gasteiger partial charge on any atom is -0.461 e. The fraction of sp³-hybridized carbons (Fsp3) is 0.435. The zero-order valence-electron chi connectivity index (χ0n) is 17.7. The highest BCUT2D eigenvalue weighted by Gasteiger charge is 2.37. The highest BCUT2D eigenvalue weighted by Crippen LogP contribution is 2.30. The minimum atomic E-state index is -0.582. The maximum atomic E-state index is 10.4. The first-order chi connectivity index (χ1) is 14.2. The van der Waals surface area contributed by atoms with Crippen molar-refractivity contribution in [3.05, 3.63) is 71.8 Å². The third kappa shape index (κ3) is 9.51. The van der Waals surface area contributed by atoms with E-state index in [0.717, 1.165) is 23.8 Å². The van der Waals surface area contributed by atoms with Crippen LogP contribution in [0.3, 0.4) is 0 Å². The normalized spacial score (nSPS) is 14.1. The topological polar surface area (TPSA) is 56.8 Å². The number of carbonyl (C=O) groups is 1. The van der Waals surface area contributed by atoms with Gasteiger partial charge in [-0.15, -0.1) is 9.24 Å². The van der Waals surface area contributed by atoms with Gasteiger partial charge in [0.2, 0.25) is 5.79 Å². The first-order valence-electron chi connectivity index (χ1n) is 10.1. The van der Waals surface area contributed by atoms with Crippen LogP contribution in [0.5, 0.6) is 0 Å². The van der Waals surface area contributed by atoms with Gasteiger partial charge in [-0.05, 0) is 18.3 Å². The largest absolute Gasteiger partial charge is 0.461 e. The first kappa shape index (κ1) is 25.3. The van der Waals surface area contributed by atoms with E-state index in [0.29, 0.717) is 26.4 Å². The van der Waals surface area contributed by atoms with Crippen molar-refractivity contribution in [1.82, 2.24) is 5.32 Å². The summed E-state index contributed by atoms with van der Waals surface area (Å²) >= 11 is 0. The van der Waals surface area contributed by atoms with Crippen LogP contribution in [-0.4, -0.2) is 38.4 Å². The predicted octanol–water partition coefficient (Wildman–Crippen LogP) is 4.13. The van der Waals surface area contributed by atoms with Crippen molar-refractivity contribution in [2.75, 3.05) is 32.5 Å². The van der Waals surface area contributed by atoms with Crippen molar-refractivity contribution >= 4 is 15.2 Å². The van der Waals surface area contributed by atoms with E-state index in [1.807, 2.05) is 74.5 Å². The lowest BCUT2D eigenvalue weighted by molar-refractivity contribution is -0.161. The molecule has 1 aliphatic heterocycles. The van der Waals surface area contributed by atoms with Gasteiger partial charge in [0, 0.05) is 12.5 Å². The lowest BCUT2D eigenvalue weighted by atomic mass is 10.1. The smallest absolute Gasteiger partial charge is 0.302 e. The molecule has 1 atom stereocenters. The summed E-state index contributed by atoms with van der Waals surface area (Å²) < 4.78 is 16.4. The molecule has 0 radical (unpaired) electrons. The van der Waals surface area contributed by atoms with Crippen molar-refractivity contribution < 1.29 is 19.0 Å². The van der Waals surface area contributed by atoms with E-state index in [1.165, 1.54) is 6.92 Å². The molecule has 0 bridgehead atoms. The zero-order valence-corrected chi connectivity index (χ0v) is 18.9. The molecule has 2 aromatic carbocycles.